The number of carbonyl (C=O) groups is 1. The Morgan fingerprint density at radius 3 is 2.68 bits per heavy atom. The van der Waals surface area contributed by atoms with Crippen molar-refractivity contribution in [2.24, 2.45) is 11.7 Å². The Hall–Kier alpha value is -2.31. The molecule has 0 saturated carbocycles. The summed E-state index contributed by atoms with van der Waals surface area (Å²) in [5, 5.41) is 6.07. The van der Waals surface area contributed by atoms with Crippen LogP contribution in [0, 0.1) is 11.7 Å². The van der Waals surface area contributed by atoms with Gasteiger partial charge in [0.15, 0.2) is 0 Å². The standard InChI is InChI=1S/C19H23FN4O/c1-19(21,15-7-9-22-10-8-15)18(25)24-17-6-5-14(12-23-17)13-3-2-4-16(20)11-13/h2-6,11-12,15,22H,7-10,21H2,1H3,(H,23,24,25). The van der Waals surface area contributed by atoms with Crippen LogP contribution in [0.2, 0.25) is 0 Å². The molecule has 1 aliphatic heterocycles. The zero-order chi connectivity index (χ0) is 17.9. The number of hydrogen-bond acceptors (Lipinski definition) is 4. The Kier molecular flexibility index (Phi) is 5.11. The van der Waals surface area contributed by atoms with Gasteiger partial charge in [-0.15, -0.1) is 0 Å². The second-order valence-corrected chi connectivity index (χ2v) is 6.70. The lowest BCUT2D eigenvalue weighted by Gasteiger charge is -2.35. The molecule has 3 rings (SSSR count). The van der Waals surface area contributed by atoms with Gasteiger partial charge in [0.2, 0.25) is 5.91 Å². The lowest BCUT2D eigenvalue weighted by molar-refractivity contribution is -0.122. The van der Waals surface area contributed by atoms with Crippen LogP contribution in [-0.4, -0.2) is 29.5 Å². The number of aromatic nitrogens is 1. The van der Waals surface area contributed by atoms with Crippen molar-refractivity contribution in [2.75, 3.05) is 18.4 Å². The number of pyridine rings is 1. The third kappa shape index (κ3) is 4.03. The van der Waals surface area contributed by atoms with E-state index < -0.39 is 5.54 Å². The molecule has 6 heteroatoms. The average Bonchev–Trinajstić information content (AvgIpc) is 2.63. The highest BCUT2D eigenvalue weighted by molar-refractivity contribution is 5.97. The van der Waals surface area contributed by atoms with Crippen molar-refractivity contribution < 1.29 is 9.18 Å². The van der Waals surface area contributed by atoms with E-state index >= 15 is 0 Å². The fourth-order valence-electron chi connectivity index (χ4n) is 3.16. The molecule has 132 valence electrons. The van der Waals surface area contributed by atoms with Crippen LogP contribution in [0.5, 0.6) is 0 Å². The number of nitrogens with one attached hydrogen (secondary N) is 2. The molecule has 5 nitrogen and oxygen atoms in total. The van der Waals surface area contributed by atoms with Crippen molar-refractivity contribution in [1.29, 1.82) is 0 Å². The van der Waals surface area contributed by atoms with Gasteiger partial charge in [-0.25, -0.2) is 9.37 Å². The normalized spacial score (nSPS) is 17.7. The Morgan fingerprint density at radius 1 is 1.28 bits per heavy atom. The van der Waals surface area contributed by atoms with Crippen molar-refractivity contribution in [3.8, 4) is 11.1 Å². The van der Waals surface area contributed by atoms with Gasteiger partial charge in [0.05, 0.1) is 5.54 Å². The first kappa shape index (κ1) is 17.5. The van der Waals surface area contributed by atoms with Crippen LogP contribution < -0.4 is 16.4 Å². The van der Waals surface area contributed by atoms with Crippen molar-refractivity contribution in [3.05, 3.63) is 48.4 Å². The zero-order valence-electron chi connectivity index (χ0n) is 14.3. The fourth-order valence-corrected chi connectivity index (χ4v) is 3.16. The SMILES string of the molecule is CC(N)(C(=O)Nc1ccc(-c2cccc(F)c2)cn1)C1CCNCC1. The highest BCUT2D eigenvalue weighted by Crippen LogP contribution is 2.25. The molecule has 4 N–H and O–H groups in total. The van der Waals surface area contributed by atoms with Gasteiger partial charge in [-0.1, -0.05) is 12.1 Å². The van der Waals surface area contributed by atoms with Gasteiger partial charge in [-0.3, -0.25) is 4.79 Å². The topological polar surface area (TPSA) is 80.0 Å². The first-order valence-corrected chi connectivity index (χ1v) is 8.50. The number of benzene rings is 1. The summed E-state index contributed by atoms with van der Waals surface area (Å²) in [5.74, 6) is 0.0530. The van der Waals surface area contributed by atoms with E-state index in [1.165, 1.54) is 12.1 Å². The van der Waals surface area contributed by atoms with E-state index in [4.69, 9.17) is 5.73 Å². The Balaban J connectivity index is 1.69. The maximum Gasteiger partial charge on any atom is 0.245 e. The molecule has 1 atom stereocenters. The lowest BCUT2D eigenvalue weighted by Crippen LogP contribution is -2.56. The zero-order valence-corrected chi connectivity index (χ0v) is 14.3. The molecule has 1 aromatic heterocycles. The van der Waals surface area contributed by atoms with E-state index in [2.05, 4.69) is 15.6 Å². The summed E-state index contributed by atoms with van der Waals surface area (Å²) in [6.45, 7) is 3.54. The van der Waals surface area contributed by atoms with Crippen molar-refractivity contribution >= 4 is 11.7 Å². The average molecular weight is 342 g/mol. The summed E-state index contributed by atoms with van der Waals surface area (Å²) >= 11 is 0. The quantitative estimate of drug-likeness (QED) is 0.798. The molecular weight excluding hydrogens is 319 g/mol. The van der Waals surface area contributed by atoms with Crippen molar-refractivity contribution in [2.45, 2.75) is 25.3 Å². The number of amides is 1. The fraction of sp³-hybridized carbons (Fsp3) is 0.368. The second-order valence-electron chi connectivity index (χ2n) is 6.70. The number of rotatable bonds is 4. The van der Waals surface area contributed by atoms with Crippen LogP contribution >= 0.6 is 0 Å². The molecule has 1 fully saturated rings. The third-order valence-corrected chi connectivity index (χ3v) is 4.84. The molecule has 1 aliphatic rings. The smallest absolute Gasteiger partial charge is 0.245 e. The Labute approximate surface area is 146 Å². The molecule has 1 saturated heterocycles. The predicted octanol–water partition coefficient (Wildman–Crippen LogP) is 2.54. The number of carbonyl (C=O) groups excluding carboxylic acids is 1. The number of anilines is 1. The summed E-state index contributed by atoms with van der Waals surface area (Å²) < 4.78 is 13.3. The second kappa shape index (κ2) is 7.29. The van der Waals surface area contributed by atoms with E-state index in [-0.39, 0.29) is 17.6 Å². The Morgan fingerprint density at radius 2 is 2.04 bits per heavy atom. The van der Waals surface area contributed by atoms with Crippen LogP contribution in [0.3, 0.4) is 0 Å². The molecule has 25 heavy (non-hydrogen) atoms. The number of nitrogens with two attached hydrogens (primary N) is 1. The molecular formula is C19H23FN4O. The minimum Gasteiger partial charge on any atom is -0.317 e. The number of halogens is 1. The largest absolute Gasteiger partial charge is 0.317 e. The molecule has 0 bridgehead atoms. The summed E-state index contributed by atoms with van der Waals surface area (Å²) in [6, 6.07) is 9.82. The van der Waals surface area contributed by atoms with E-state index in [9.17, 15) is 9.18 Å². The monoisotopic (exact) mass is 342 g/mol. The molecule has 0 spiro atoms. The van der Waals surface area contributed by atoms with Gasteiger partial charge in [0.25, 0.3) is 0 Å². The van der Waals surface area contributed by atoms with E-state index in [1.54, 1.807) is 31.3 Å². The van der Waals surface area contributed by atoms with Crippen LogP contribution in [0.15, 0.2) is 42.6 Å². The van der Waals surface area contributed by atoms with Gasteiger partial charge in [-0.05, 0) is 68.6 Å². The first-order chi connectivity index (χ1) is 12.0. The first-order valence-electron chi connectivity index (χ1n) is 8.50. The highest BCUT2D eigenvalue weighted by atomic mass is 19.1. The van der Waals surface area contributed by atoms with Crippen LogP contribution in [0.4, 0.5) is 10.2 Å². The molecule has 1 unspecified atom stereocenters. The van der Waals surface area contributed by atoms with Gasteiger partial charge >= 0.3 is 0 Å². The van der Waals surface area contributed by atoms with Crippen molar-refractivity contribution in [1.82, 2.24) is 10.3 Å². The minimum absolute atomic E-state index is 0.139. The van der Waals surface area contributed by atoms with E-state index in [0.717, 1.165) is 37.1 Å². The van der Waals surface area contributed by atoms with Gasteiger partial charge in [0.1, 0.15) is 11.6 Å². The Bertz CT molecular complexity index is 739. The van der Waals surface area contributed by atoms with Gasteiger partial charge in [0, 0.05) is 11.8 Å². The number of nitrogens with zero attached hydrogens (tertiary/aromatic N) is 1. The van der Waals surface area contributed by atoms with Crippen LogP contribution in [0.1, 0.15) is 19.8 Å². The number of piperidine rings is 1. The summed E-state index contributed by atoms with van der Waals surface area (Å²) in [7, 11) is 0. The maximum absolute atomic E-state index is 13.3. The van der Waals surface area contributed by atoms with Gasteiger partial charge < -0.3 is 16.4 Å². The third-order valence-electron chi connectivity index (χ3n) is 4.84. The highest BCUT2D eigenvalue weighted by Gasteiger charge is 2.38. The van der Waals surface area contributed by atoms with Crippen LogP contribution in [0.25, 0.3) is 11.1 Å². The summed E-state index contributed by atoms with van der Waals surface area (Å²) in [4.78, 5) is 16.8. The predicted molar refractivity (Wildman–Crippen MR) is 96.4 cm³/mol. The maximum atomic E-state index is 13.3. The molecule has 0 aliphatic carbocycles. The number of hydrogen-bond donors (Lipinski definition) is 3. The van der Waals surface area contributed by atoms with Gasteiger partial charge in [-0.2, -0.15) is 0 Å². The van der Waals surface area contributed by atoms with E-state index in [1.807, 2.05) is 6.07 Å². The molecule has 2 aromatic rings. The van der Waals surface area contributed by atoms with Crippen molar-refractivity contribution in [3.63, 3.8) is 0 Å². The van der Waals surface area contributed by atoms with Crippen LogP contribution in [-0.2, 0) is 4.79 Å². The molecule has 1 amide bonds. The summed E-state index contributed by atoms with van der Waals surface area (Å²) in [5.41, 5.74) is 6.89. The molecule has 0 radical (unpaired) electrons. The molecule has 2 heterocycles. The lowest BCUT2D eigenvalue weighted by atomic mass is 9.79. The van der Waals surface area contributed by atoms with E-state index in [0.29, 0.717) is 5.82 Å². The summed E-state index contributed by atoms with van der Waals surface area (Å²) in [6.07, 6.45) is 3.38. The minimum atomic E-state index is -0.939. The molecule has 1 aromatic carbocycles.